The Hall–Kier alpha value is -1.15. The second kappa shape index (κ2) is 6.95. The zero-order valence-electron chi connectivity index (χ0n) is 13.0. The van der Waals surface area contributed by atoms with E-state index in [1.165, 1.54) is 6.42 Å². The van der Waals surface area contributed by atoms with Gasteiger partial charge in [0.1, 0.15) is 5.41 Å². The summed E-state index contributed by atoms with van der Waals surface area (Å²) in [7, 11) is -3.38. The van der Waals surface area contributed by atoms with Gasteiger partial charge in [0.15, 0.2) is 0 Å². The lowest BCUT2D eigenvalue weighted by Gasteiger charge is -2.31. The zero-order valence-corrected chi connectivity index (χ0v) is 13.8. The number of nitrogens with one attached hydrogen (secondary N) is 3. The standard InChI is InChI=1S/C14H25N3O4S/c1-14(6-3-7-15-12(14)18)13(19)16-8-9-22(20,21)17-10-11-4-2-5-11/h11,17H,2-10H2,1H3,(H,15,18)(H,16,19)/t14-/m1/s1. The maximum absolute atomic E-state index is 12.2. The first kappa shape index (κ1) is 17.2. The summed E-state index contributed by atoms with van der Waals surface area (Å²) in [6, 6.07) is 0. The summed E-state index contributed by atoms with van der Waals surface area (Å²) < 4.78 is 26.2. The van der Waals surface area contributed by atoms with Gasteiger partial charge < -0.3 is 10.6 Å². The molecule has 1 saturated carbocycles. The molecule has 1 aliphatic heterocycles. The number of carbonyl (C=O) groups is 2. The average molecular weight is 331 g/mol. The van der Waals surface area contributed by atoms with Crippen molar-refractivity contribution < 1.29 is 18.0 Å². The Labute approximate surface area is 131 Å². The molecule has 8 heteroatoms. The maximum atomic E-state index is 12.2. The summed E-state index contributed by atoms with van der Waals surface area (Å²) in [5.41, 5.74) is -1.10. The number of piperidine rings is 1. The Morgan fingerprint density at radius 3 is 2.68 bits per heavy atom. The van der Waals surface area contributed by atoms with Gasteiger partial charge in [0.2, 0.25) is 21.8 Å². The van der Waals surface area contributed by atoms with Crippen LogP contribution in [0.1, 0.15) is 39.0 Å². The summed E-state index contributed by atoms with van der Waals surface area (Å²) >= 11 is 0. The van der Waals surface area contributed by atoms with Crippen LogP contribution in [0.25, 0.3) is 0 Å². The van der Waals surface area contributed by atoms with Crippen LogP contribution in [0.4, 0.5) is 0 Å². The van der Waals surface area contributed by atoms with Gasteiger partial charge in [-0.15, -0.1) is 0 Å². The van der Waals surface area contributed by atoms with Gasteiger partial charge in [-0.05, 0) is 38.5 Å². The SMILES string of the molecule is C[C@@]1(C(=O)NCCS(=O)(=O)NCC2CCC2)CCCNC1=O. The summed E-state index contributed by atoms with van der Waals surface area (Å²) in [6.45, 7) is 2.68. The fraction of sp³-hybridized carbons (Fsp3) is 0.857. The summed E-state index contributed by atoms with van der Waals surface area (Å²) in [5.74, 6) is -0.404. The quantitative estimate of drug-likeness (QED) is 0.559. The highest BCUT2D eigenvalue weighted by Crippen LogP contribution is 2.27. The van der Waals surface area contributed by atoms with E-state index in [1.54, 1.807) is 6.92 Å². The molecule has 3 N–H and O–H groups in total. The molecule has 2 aliphatic rings. The van der Waals surface area contributed by atoms with Crippen LogP contribution in [-0.4, -0.2) is 45.6 Å². The van der Waals surface area contributed by atoms with Crippen molar-refractivity contribution in [1.82, 2.24) is 15.4 Å². The van der Waals surface area contributed by atoms with Crippen molar-refractivity contribution in [3.8, 4) is 0 Å². The van der Waals surface area contributed by atoms with Crippen molar-refractivity contribution in [3.05, 3.63) is 0 Å². The van der Waals surface area contributed by atoms with Gasteiger partial charge >= 0.3 is 0 Å². The largest absolute Gasteiger partial charge is 0.355 e. The highest BCUT2D eigenvalue weighted by Gasteiger charge is 2.42. The lowest BCUT2D eigenvalue weighted by atomic mass is 9.81. The van der Waals surface area contributed by atoms with Gasteiger partial charge in [-0.1, -0.05) is 6.42 Å². The number of hydrogen-bond acceptors (Lipinski definition) is 4. The van der Waals surface area contributed by atoms with E-state index in [1.807, 2.05) is 0 Å². The molecular weight excluding hydrogens is 306 g/mol. The van der Waals surface area contributed by atoms with E-state index in [2.05, 4.69) is 15.4 Å². The van der Waals surface area contributed by atoms with Crippen molar-refractivity contribution >= 4 is 21.8 Å². The predicted octanol–water partition coefficient (Wildman–Crippen LogP) is -0.262. The Morgan fingerprint density at radius 1 is 1.36 bits per heavy atom. The summed E-state index contributed by atoms with van der Waals surface area (Å²) in [4.78, 5) is 24.0. The first-order chi connectivity index (χ1) is 10.3. The van der Waals surface area contributed by atoms with Crippen LogP contribution in [0.3, 0.4) is 0 Å². The van der Waals surface area contributed by atoms with Crippen LogP contribution in [0.2, 0.25) is 0 Å². The molecular formula is C14H25N3O4S. The molecule has 0 aromatic heterocycles. The third-order valence-electron chi connectivity index (χ3n) is 4.61. The van der Waals surface area contributed by atoms with Crippen LogP contribution >= 0.6 is 0 Å². The van der Waals surface area contributed by atoms with Crippen LogP contribution in [0, 0.1) is 11.3 Å². The lowest BCUT2D eigenvalue weighted by molar-refractivity contribution is -0.144. The fourth-order valence-electron chi connectivity index (χ4n) is 2.68. The Balaban J connectivity index is 1.74. The third kappa shape index (κ3) is 4.19. The van der Waals surface area contributed by atoms with Gasteiger partial charge in [-0.2, -0.15) is 0 Å². The number of sulfonamides is 1. The van der Waals surface area contributed by atoms with Gasteiger partial charge in [0, 0.05) is 19.6 Å². The van der Waals surface area contributed by atoms with E-state index < -0.39 is 21.3 Å². The minimum absolute atomic E-state index is 0.0156. The molecule has 0 spiro atoms. The van der Waals surface area contributed by atoms with E-state index in [0.29, 0.717) is 25.4 Å². The van der Waals surface area contributed by atoms with E-state index in [0.717, 1.165) is 19.3 Å². The molecule has 0 aromatic carbocycles. The highest BCUT2D eigenvalue weighted by molar-refractivity contribution is 7.89. The fourth-order valence-corrected chi connectivity index (χ4v) is 3.68. The molecule has 22 heavy (non-hydrogen) atoms. The molecule has 0 unspecified atom stereocenters. The van der Waals surface area contributed by atoms with Crippen molar-refractivity contribution in [2.75, 3.05) is 25.4 Å². The van der Waals surface area contributed by atoms with Crippen molar-refractivity contribution in [1.29, 1.82) is 0 Å². The van der Waals surface area contributed by atoms with E-state index in [-0.39, 0.29) is 18.2 Å². The monoisotopic (exact) mass is 331 g/mol. The van der Waals surface area contributed by atoms with Gasteiger partial charge in [-0.3, -0.25) is 9.59 Å². The molecule has 1 saturated heterocycles. The van der Waals surface area contributed by atoms with E-state index >= 15 is 0 Å². The second-order valence-corrected chi connectivity index (χ2v) is 8.34. The predicted molar refractivity (Wildman–Crippen MR) is 82.5 cm³/mol. The molecule has 0 radical (unpaired) electrons. The molecule has 126 valence electrons. The van der Waals surface area contributed by atoms with Gasteiger partial charge in [0.25, 0.3) is 0 Å². The van der Waals surface area contributed by atoms with E-state index in [4.69, 9.17) is 0 Å². The molecule has 0 aromatic rings. The van der Waals surface area contributed by atoms with Crippen LogP contribution in [-0.2, 0) is 19.6 Å². The molecule has 2 fully saturated rings. The minimum atomic E-state index is -3.38. The Kier molecular flexibility index (Phi) is 5.44. The smallest absolute Gasteiger partial charge is 0.235 e. The van der Waals surface area contributed by atoms with Crippen molar-refractivity contribution in [2.24, 2.45) is 11.3 Å². The molecule has 1 heterocycles. The van der Waals surface area contributed by atoms with E-state index in [9.17, 15) is 18.0 Å². The normalized spacial score (nSPS) is 26.1. The topological polar surface area (TPSA) is 104 Å². The number of rotatable bonds is 7. The zero-order chi connectivity index (χ0) is 16.2. The highest BCUT2D eigenvalue weighted by atomic mass is 32.2. The first-order valence-electron chi connectivity index (χ1n) is 7.87. The molecule has 7 nitrogen and oxygen atoms in total. The molecule has 2 rings (SSSR count). The first-order valence-corrected chi connectivity index (χ1v) is 9.53. The number of carbonyl (C=O) groups excluding carboxylic acids is 2. The third-order valence-corrected chi connectivity index (χ3v) is 5.96. The Bertz CT molecular complexity index is 530. The van der Waals surface area contributed by atoms with Crippen LogP contribution < -0.4 is 15.4 Å². The average Bonchev–Trinajstić information content (AvgIpc) is 2.40. The molecule has 1 aliphatic carbocycles. The second-order valence-electron chi connectivity index (χ2n) is 6.41. The maximum Gasteiger partial charge on any atom is 0.235 e. The number of hydrogen-bond donors (Lipinski definition) is 3. The molecule has 2 amide bonds. The Morgan fingerprint density at radius 2 is 2.09 bits per heavy atom. The van der Waals surface area contributed by atoms with Crippen molar-refractivity contribution in [2.45, 2.75) is 39.0 Å². The van der Waals surface area contributed by atoms with Crippen LogP contribution in [0.15, 0.2) is 0 Å². The molecule has 0 bridgehead atoms. The summed E-state index contributed by atoms with van der Waals surface area (Å²) in [6.07, 6.45) is 4.55. The van der Waals surface area contributed by atoms with Crippen molar-refractivity contribution in [3.63, 3.8) is 0 Å². The van der Waals surface area contributed by atoms with Gasteiger partial charge in [-0.25, -0.2) is 13.1 Å². The van der Waals surface area contributed by atoms with Gasteiger partial charge in [0.05, 0.1) is 5.75 Å². The van der Waals surface area contributed by atoms with Crippen LogP contribution in [0.5, 0.6) is 0 Å². The summed E-state index contributed by atoms with van der Waals surface area (Å²) in [5, 5.41) is 5.25. The minimum Gasteiger partial charge on any atom is -0.355 e. The lowest BCUT2D eigenvalue weighted by Crippen LogP contribution is -2.53. The number of amides is 2. The molecule has 1 atom stereocenters.